The van der Waals surface area contributed by atoms with Crippen molar-refractivity contribution in [1.82, 2.24) is 4.98 Å². The Morgan fingerprint density at radius 2 is 1.94 bits per heavy atom. The minimum absolute atomic E-state index is 0.196. The fourth-order valence-corrected chi connectivity index (χ4v) is 6.25. The average molecular weight is 434 g/mol. The maximum Gasteiger partial charge on any atom is 0.311 e. The van der Waals surface area contributed by atoms with Crippen LogP contribution >= 0.6 is 0 Å². The van der Waals surface area contributed by atoms with Crippen LogP contribution in [-0.2, 0) is 19.7 Å². The van der Waals surface area contributed by atoms with Gasteiger partial charge in [0, 0.05) is 23.9 Å². The molecule has 0 bridgehead atoms. The highest BCUT2D eigenvalue weighted by Crippen LogP contribution is 2.61. The number of carbonyl (C=O) groups excluding carboxylic acids is 2. The monoisotopic (exact) mass is 433 g/mol. The lowest BCUT2D eigenvalue weighted by molar-refractivity contribution is -0.156. The summed E-state index contributed by atoms with van der Waals surface area (Å²) in [7, 11) is 0. The topological polar surface area (TPSA) is 85.7 Å². The first kappa shape index (κ1) is 21.0. The van der Waals surface area contributed by atoms with Crippen LogP contribution in [0.5, 0.6) is 0 Å². The molecule has 6 nitrogen and oxygen atoms in total. The van der Waals surface area contributed by atoms with Crippen molar-refractivity contribution in [1.29, 1.82) is 0 Å². The summed E-state index contributed by atoms with van der Waals surface area (Å²) in [6.07, 6.45) is 5.14. The van der Waals surface area contributed by atoms with Crippen LogP contribution in [0.15, 0.2) is 66.0 Å². The van der Waals surface area contributed by atoms with Crippen molar-refractivity contribution in [3.8, 4) is 0 Å². The minimum atomic E-state index is -1.32. The van der Waals surface area contributed by atoms with Gasteiger partial charge in [0.2, 0.25) is 0 Å². The predicted octanol–water partition coefficient (Wildman–Crippen LogP) is 3.25. The summed E-state index contributed by atoms with van der Waals surface area (Å²) in [5.74, 6) is -1.94. The van der Waals surface area contributed by atoms with Gasteiger partial charge in [0.05, 0.1) is 36.8 Å². The van der Waals surface area contributed by atoms with Gasteiger partial charge in [-0.3, -0.25) is 14.6 Å². The lowest BCUT2D eigenvalue weighted by Gasteiger charge is -2.51. The minimum Gasteiger partial charge on any atom is -0.466 e. The van der Waals surface area contributed by atoms with Gasteiger partial charge in [0.25, 0.3) is 0 Å². The number of aliphatic hydroxyl groups is 1. The molecule has 2 aromatic rings. The molecule has 6 heteroatoms. The number of hydrogen-bond acceptors (Lipinski definition) is 6. The Bertz CT molecular complexity index is 1070. The van der Waals surface area contributed by atoms with E-state index in [0.29, 0.717) is 24.0 Å². The molecule has 0 saturated heterocycles. The van der Waals surface area contributed by atoms with Crippen LogP contribution in [0.4, 0.5) is 0 Å². The summed E-state index contributed by atoms with van der Waals surface area (Å²) in [5, 5.41) is 11.8. The van der Waals surface area contributed by atoms with Crippen LogP contribution in [0.2, 0.25) is 0 Å². The maximum absolute atomic E-state index is 14.5. The van der Waals surface area contributed by atoms with Crippen molar-refractivity contribution < 1.29 is 24.2 Å². The van der Waals surface area contributed by atoms with Crippen molar-refractivity contribution in [2.24, 2.45) is 11.8 Å². The first-order valence-corrected chi connectivity index (χ1v) is 11.2. The first-order chi connectivity index (χ1) is 15.5. The number of rotatable bonds is 5. The molecule has 4 atom stereocenters. The molecule has 32 heavy (non-hydrogen) atoms. The fourth-order valence-electron chi connectivity index (χ4n) is 6.25. The van der Waals surface area contributed by atoms with E-state index in [1.165, 1.54) is 0 Å². The number of Topliss-reactive ketones (excluding diaryl/α,β-unsaturated/α-hetero) is 1. The van der Waals surface area contributed by atoms with Crippen LogP contribution in [0, 0.1) is 11.8 Å². The van der Waals surface area contributed by atoms with E-state index in [1.54, 1.807) is 31.5 Å². The summed E-state index contributed by atoms with van der Waals surface area (Å²) in [5.41, 5.74) is 0.144. The second-order valence-corrected chi connectivity index (χ2v) is 8.85. The molecule has 1 aliphatic heterocycles. The van der Waals surface area contributed by atoms with Crippen LogP contribution < -0.4 is 0 Å². The number of carbonyl (C=O) groups is 2. The van der Waals surface area contributed by atoms with Gasteiger partial charge < -0.3 is 14.6 Å². The summed E-state index contributed by atoms with van der Waals surface area (Å²) in [6.45, 7) is 2.43. The molecule has 1 saturated carbocycles. The van der Waals surface area contributed by atoms with E-state index in [2.05, 4.69) is 4.98 Å². The molecule has 2 heterocycles. The molecule has 1 fully saturated rings. The SMILES string of the molecule is CCOC(=O)[C@@H]1[C@H]2CCC[C@]2(O)C2=C(COC2)[C@]1(C(=O)c1cccnc1)c1ccccc1. The zero-order chi connectivity index (χ0) is 22.3. The summed E-state index contributed by atoms with van der Waals surface area (Å²) >= 11 is 0. The maximum atomic E-state index is 14.5. The molecule has 1 aromatic carbocycles. The van der Waals surface area contributed by atoms with E-state index < -0.39 is 28.8 Å². The van der Waals surface area contributed by atoms with Gasteiger partial charge in [-0.2, -0.15) is 0 Å². The predicted molar refractivity (Wildman–Crippen MR) is 117 cm³/mol. The van der Waals surface area contributed by atoms with E-state index in [0.717, 1.165) is 17.6 Å². The standard InChI is InChI=1S/C26H27NO5/c1-2-32-24(29)22-19-11-6-12-25(19,30)20-15-31-16-21(20)26(22,18-9-4-3-5-10-18)23(28)17-8-7-13-27-14-17/h3-5,7-10,13-14,19,22,30H,2,6,11-12,15-16H2,1H3/t19-,22+,25-,26-/m1/s1. The number of benzene rings is 1. The molecule has 0 spiro atoms. The number of ketones is 1. The third kappa shape index (κ3) is 2.82. The van der Waals surface area contributed by atoms with E-state index in [1.807, 2.05) is 30.3 Å². The molecule has 2 aliphatic carbocycles. The molecular formula is C26H27NO5. The third-order valence-electron chi connectivity index (χ3n) is 7.46. The molecule has 0 amide bonds. The lowest BCUT2D eigenvalue weighted by Crippen LogP contribution is -2.60. The molecule has 1 N–H and O–H groups in total. The zero-order valence-electron chi connectivity index (χ0n) is 18.1. The quantitative estimate of drug-likeness (QED) is 0.443. The highest BCUT2D eigenvalue weighted by molar-refractivity contribution is 6.09. The number of hydrogen-bond donors (Lipinski definition) is 1. The largest absolute Gasteiger partial charge is 0.466 e. The average Bonchev–Trinajstić information content (AvgIpc) is 3.47. The molecule has 166 valence electrons. The van der Waals surface area contributed by atoms with Crippen LogP contribution in [0.3, 0.4) is 0 Å². The highest BCUT2D eigenvalue weighted by Gasteiger charge is 2.67. The van der Waals surface area contributed by atoms with Crippen molar-refractivity contribution in [2.45, 2.75) is 37.2 Å². The zero-order valence-corrected chi connectivity index (χ0v) is 18.1. The van der Waals surface area contributed by atoms with E-state index in [9.17, 15) is 14.7 Å². The molecule has 5 rings (SSSR count). The van der Waals surface area contributed by atoms with Gasteiger partial charge >= 0.3 is 5.97 Å². The van der Waals surface area contributed by atoms with Crippen molar-refractivity contribution in [2.75, 3.05) is 19.8 Å². The van der Waals surface area contributed by atoms with Gasteiger partial charge in [0.15, 0.2) is 5.78 Å². The van der Waals surface area contributed by atoms with Gasteiger partial charge in [0.1, 0.15) is 0 Å². The number of nitrogens with zero attached hydrogens (tertiary/aromatic N) is 1. The Kier molecular flexibility index (Phi) is 5.22. The third-order valence-corrected chi connectivity index (χ3v) is 7.46. The molecular weight excluding hydrogens is 406 g/mol. The van der Waals surface area contributed by atoms with E-state index in [4.69, 9.17) is 9.47 Å². The Hall–Kier alpha value is -2.83. The molecule has 3 aliphatic rings. The number of pyridine rings is 1. The number of esters is 1. The van der Waals surface area contributed by atoms with Crippen LogP contribution in [-0.4, -0.2) is 47.3 Å². The number of ether oxygens (including phenoxy) is 2. The molecule has 0 radical (unpaired) electrons. The Labute approximate surface area is 187 Å². The van der Waals surface area contributed by atoms with Gasteiger partial charge in [-0.1, -0.05) is 30.3 Å². The summed E-state index contributed by atoms with van der Waals surface area (Å²) in [6, 6.07) is 12.9. The second kappa shape index (κ2) is 7.94. The van der Waals surface area contributed by atoms with Gasteiger partial charge in [-0.15, -0.1) is 0 Å². The number of fused-ring (bicyclic) bond motifs is 2. The summed E-state index contributed by atoms with van der Waals surface area (Å²) < 4.78 is 11.4. The highest BCUT2D eigenvalue weighted by atomic mass is 16.5. The number of aromatic nitrogens is 1. The van der Waals surface area contributed by atoms with Crippen LogP contribution in [0.1, 0.15) is 42.1 Å². The Morgan fingerprint density at radius 1 is 1.16 bits per heavy atom. The van der Waals surface area contributed by atoms with E-state index in [-0.39, 0.29) is 25.6 Å². The first-order valence-electron chi connectivity index (χ1n) is 11.2. The molecule has 0 unspecified atom stereocenters. The van der Waals surface area contributed by atoms with Crippen molar-refractivity contribution >= 4 is 11.8 Å². The van der Waals surface area contributed by atoms with Crippen molar-refractivity contribution in [3.05, 3.63) is 77.1 Å². The molecule has 1 aromatic heterocycles. The fraction of sp³-hybridized carbons (Fsp3) is 0.423. The normalized spacial score (nSPS) is 31.2. The Balaban J connectivity index is 1.86. The van der Waals surface area contributed by atoms with Gasteiger partial charge in [-0.25, -0.2) is 0 Å². The van der Waals surface area contributed by atoms with Gasteiger partial charge in [-0.05, 0) is 55.0 Å². The second-order valence-electron chi connectivity index (χ2n) is 8.85. The lowest BCUT2D eigenvalue weighted by atomic mass is 9.51. The Morgan fingerprint density at radius 3 is 2.66 bits per heavy atom. The van der Waals surface area contributed by atoms with E-state index >= 15 is 0 Å². The van der Waals surface area contributed by atoms with Crippen molar-refractivity contribution in [3.63, 3.8) is 0 Å². The van der Waals surface area contributed by atoms with Crippen LogP contribution in [0.25, 0.3) is 0 Å². The smallest absolute Gasteiger partial charge is 0.311 e. The summed E-state index contributed by atoms with van der Waals surface area (Å²) in [4.78, 5) is 32.3.